The second kappa shape index (κ2) is 6.03. The summed E-state index contributed by atoms with van der Waals surface area (Å²) in [6.07, 6.45) is 0. The average molecular weight is 326 g/mol. The van der Waals surface area contributed by atoms with Crippen LogP contribution in [0, 0.1) is 0 Å². The number of rotatable bonds is 4. The Balaban J connectivity index is 1.97. The van der Waals surface area contributed by atoms with Gasteiger partial charge in [-0.1, -0.05) is 28.1 Å². The molecule has 0 fully saturated rings. The zero-order valence-electron chi connectivity index (χ0n) is 9.40. The predicted octanol–water partition coefficient (Wildman–Crippen LogP) is 4.41. The smallest absolute Gasteiger partial charge is 0.252 e. The summed E-state index contributed by atoms with van der Waals surface area (Å²) in [6.45, 7) is 0.488. The summed E-state index contributed by atoms with van der Waals surface area (Å²) < 4.78 is 6.64. The van der Waals surface area contributed by atoms with Gasteiger partial charge in [-0.05, 0) is 53.6 Å². The summed E-state index contributed by atoms with van der Waals surface area (Å²) in [5, 5.41) is -0.463. The highest BCUT2D eigenvalue weighted by atomic mass is 79.9. The second-order valence-electron chi connectivity index (χ2n) is 3.71. The SMILES string of the molecule is O=C(Cl)c1ccc(OCc2ccc(Br)cc2)cc1. The van der Waals surface area contributed by atoms with Crippen molar-refractivity contribution in [2.75, 3.05) is 0 Å². The minimum Gasteiger partial charge on any atom is -0.489 e. The summed E-state index contributed by atoms with van der Waals surface area (Å²) >= 11 is 8.74. The molecule has 4 heteroatoms. The monoisotopic (exact) mass is 324 g/mol. The summed E-state index contributed by atoms with van der Waals surface area (Å²) in [5.74, 6) is 0.708. The molecule has 0 aliphatic heterocycles. The highest BCUT2D eigenvalue weighted by Crippen LogP contribution is 2.16. The van der Waals surface area contributed by atoms with E-state index in [0.29, 0.717) is 17.9 Å². The Hall–Kier alpha value is -1.32. The molecule has 0 saturated carbocycles. The first-order chi connectivity index (χ1) is 8.65. The van der Waals surface area contributed by atoms with Crippen LogP contribution >= 0.6 is 27.5 Å². The van der Waals surface area contributed by atoms with Gasteiger partial charge in [-0.2, -0.15) is 0 Å². The van der Waals surface area contributed by atoms with Crippen molar-refractivity contribution in [1.82, 2.24) is 0 Å². The third-order valence-electron chi connectivity index (χ3n) is 2.40. The van der Waals surface area contributed by atoms with E-state index in [4.69, 9.17) is 16.3 Å². The van der Waals surface area contributed by atoms with E-state index in [9.17, 15) is 4.79 Å². The molecule has 0 amide bonds. The summed E-state index contributed by atoms with van der Waals surface area (Å²) in [5.41, 5.74) is 1.54. The number of halogens is 2. The molecule has 0 unspecified atom stereocenters. The Morgan fingerprint density at radius 2 is 1.67 bits per heavy atom. The Kier molecular flexibility index (Phi) is 4.39. The van der Waals surface area contributed by atoms with E-state index in [2.05, 4.69) is 15.9 Å². The number of carbonyl (C=O) groups excluding carboxylic acids is 1. The van der Waals surface area contributed by atoms with Crippen molar-refractivity contribution in [1.29, 1.82) is 0 Å². The third kappa shape index (κ3) is 3.59. The molecule has 0 aromatic heterocycles. The van der Waals surface area contributed by atoms with Crippen LogP contribution in [0.1, 0.15) is 15.9 Å². The lowest BCUT2D eigenvalue weighted by molar-refractivity contribution is 0.108. The van der Waals surface area contributed by atoms with Crippen LogP contribution in [0.25, 0.3) is 0 Å². The molecule has 2 aromatic rings. The summed E-state index contributed by atoms with van der Waals surface area (Å²) in [7, 11) is 0. The van der Waals surface area contributed by atoms with E-state index in [1.54, 1.807) is 24.3 Å². The third-order valence-corrected chi connectivity index (χ3v) is 3.15. The number of benzene rings is 2. The van der Waals surface area contributed by atoms with Gasteiger partial charge < -0.3 is 4.74 Å². The average Bonchev–Trinajstić information content (AvgIpc) is 2.38. The first kappa shape index (κ1) is 13.1. The van der Waals surface area contributed by atoms with Gasteiger partial charge in [0.05, 0.1) is 0 Å². The highest BCUT2D eigenvalue weighted by molar-refractivity contribution is 9.10. The molecular weight excluding hydrogens is 316 g/mol. The standard InChI is InChI=1S/C14H10BrClO2/c15-12-5-1-10(2-6-12)9-18-13-7-3-11(4-8-13)14(16)17/h1-8H,9H2. The topological polar surface area (TPSA) is 26.3 Å². The molecular formula is C14H10BrClO2. The second-order valence-corrected chi connectivity index (χ2v) is 4.97. The van der Waals surface area contributed by atoms with Gasteiger partial charge in [0.25, 0.3) is 5.24 Å². The van der Waals surface area contributed by atoms with Crippen LogP contribution in [0.4, 0.5) is 0 Å². The quantitative estimate of drug-likeness (QED) is 0.778. The molecule has 0 aliphatic rings. The maximum absolute atomic E-state index is 10.9. The molecule has 0 saturated heterocycles. The molecule has 0 aliphatic carbocycles. The lowest BCUT2D eigenvalue weighted by Gasteiger charge is -2.06. The fourth-order valence-corrected chi connectivity index (χ4v) is 1.82. The zero-order chi connectivity index (χ0) is 13.0. The Labute approximate surface area is 119 Å². The van der Waals surface area contributed by atoms with Gasteiger partial charge in [-0.3, -0.25) is 4.79 Å². The number of ether oxygens (including phenoxy) is 1. The van der Waals surface area contributed by atoms with E-state index in [1.807, 2.05) is 24.3 Å². The van der Waals surface area contributed by atoms with Crippen molar-refractivity contribution in [3.8, 4) is 5.75 Å². The highest BCUT2D eigenvalue weighted by Gasteiger charge is 2.01. The molecule has 0 N–H and O–H groups in total. The molecule has 2 rings (SSSR count). The van der Waals surface area contributed by atoms with Crippen LogP contribution in [0.3, 0.4) is 0 Å². The summed E-state index contributed by atoms with van der Waals surface area (Å²) in [6, 6.07) is 14.7. The van der Waals surface area contributed by atoms with Crippen molar-refractivity contribution >= 4 is 32.8 Å². The maximum Gasteiger partial charge on any atom is 0.252 e. The molecule has 0 radical (unpaired) electrons. The van der Waals surface area contributed by atoms with Crippen LogP contribution < -0.4 is 4.74 Å². The van der Waals surface area contributed by atoms with Gasteiger partial charge in [-0.25, -0.2) is 0 Å². The lowest BCUT2D eigenvalue weighted by Crippen LogP contribution is -1.95. The van der Waals surface area contributed by atoms with E-state index < -0.39 is 5.24 Å². The lowest BCUT2D eigenvalue weighted by atomic mass is 10.2. The van der Waals surface area contributed by atoms with E-state index in [0.717, 1.165) is 10.0 Å². The normalized spacial score (nSPS) is 10.1. The zero-order valence-corrected chi connectivity index (χ0v) is 11.7. The van der Waals surface area contributed by atoms with Gasteiger partial charge >= 0.3 is 0 Å². The van der Waals surface area contributed by atoms with E-state index >= 15 is 0 Å². The molecule has 0 spiro atoms. The fraction of sp³-hybridized carbons (Fsp3) is 0.0714. The first-order valence-corrected chi connectivity index (χ1v) is 6.49. The number of carbonyl (C=O) groups is 1. The van der Waals surface area contributed by atoms with Crippen LogP contribution in [0.15, 0.2) is 53.0 Å². The molecule has 0 bridgehead atoms. The van der Waals surface area contributed by atoms with Gasteiger partial charge in [0, 0.05) is 10.0 Å². The number of hydrogen-bond acceptors (Lipinski definition) is 2. The fourth-order valence-electron chi connectivity index (χ4n) is 1.43. The van der Waals surface area contributed by atoms with Gasteiger partial charge in [0.1, 0.15) is 12.4 Å². The Bertz CT molecular complexity index is 535. The molecule has 2 aromatic carbocycles. The van der Waals surface area contributed by atoms with Crippen LogP contribution in [0.5, 0.6) is 5.75 Å². The van der Waals surface area contributed by atoms with E-state index in [1.165, 1.54) is 0 Å². The first-order valence-electron chi connectivity index (χ1n) is 5.32. The van der Waals surface area contributed by atoms with Crippen molar-refractivity contribution in [2.45, 2.75) is 6.61 Å². The Morgan fingerprint density at radius 3 is 2.22 bits per heavy atom. The molecule has 18 heavy (non-hydrogen) atoms. The van der Waals surface area contributed by atoms with Gasteiger partial charge in [0.15, 0.2) is 0 Å². The minimum absolute atomic E-state index is 0.463. The van der Waals surface area contributed by atoms with Crippen LogP contribution in [0.2, 0.25) is 0 Å². The van der Waals surface area contributed by atoms with Crippen molar-refractivity contribution in [3.05, 3.63) is 64.1 Å². The predicted molar refractivity (Wildman–Crippen MR) is 75.1 cm³/mol. The van der Waals surface area contributed by atoms with Crippen molar-refractivity contribution in [3.63, 3.8) is 0 Å². The molecule has 2 nitrogen and oxygen atoms in total. The van der Waals surface area contributed by atoms with Gasteiger partial charge in [-0.15, -0.1) is 0 Å². The minimum atomic E-state index is -0.463. The molecule has 92 valence electrons. The van der Waals surface area contributed by atoms with Gasteiger partial charge in [0.2, 0.25) is 0 Å². The van der Waals surface area contributed by atoms with E-state index in [-0.39, 0.29) is 0 Å². The largest absolute Gasteiger partial charge is 0.489 e. The Morgan fingerprint density at radius 1 is 1.06 bits per heavy atom. The molecule has 0 heterocycles. The summed E-state index contributed by atoms with van der Waals surface area (Å²) in [4.78, 5) is 10.9. The number of hydrogen-bond donors (Lipinski definition) is 0. The van der Waals surface area contributed by atoms with Crippen molar-refractivity contribution < 1.29 is 9.53 Å². The molecule has 0 atom stereocenters. The van der Waals surface area contributed by atoms with Crippen molar-refractivity contribution in [2.24, 2.45) is 0 Å². The van der Waals surface area contributed by atoms with Crippen LogP contribution in [-0.4, -0.2) is 5.24 Å². The maximum atomic E-state index is 10.9. The van der Waals surface area contributed by atoms with Crippen LogP contribution in [-0.2, 0) is 6.61 Å².